The molecule has 1 aromatic carbocycles. The maximum atomic E-state index is 12.4. The van der Waals surface area contributed by atoms with Crippen molar-refractivity contribution in [1.29, 1.82) is 0 Å². The van der Waals surface area contributed by atoms with Gasteiger partial charge in [0.1, 0.15) is 10.8 Å². The zero-order valence-electron chi connectivity index (χ0n) is 11.5. The topological polar surface area (TPSA) is 68.3 Å². The molecule has 0 bridgehead atoms. The van der Waals surface area contributed by atoms with Gasteiger partial charge in [-0.2, -0.15) is 0 Å². The Hall–Kier alpha value is -1.44. The quantitative estimate of drug-likeness (QED) is 0.921. The largest absolute Gasteiger partial charge is 0.497 e. The summed E-state index contributed by atoms with van der Waals surface area (Å²) in [4.78, 5) is 4.34. The molecule has 0 aliphatic heterocycles. The standard InChI is InChI=1S/C13H16N2O3S2/c1-9-4-5-11(18-3)8-12(9)20(16,17)15-10(2)13-14-6-7-19-13/h4-8,10,15H,1-3H3/t10-/m0/s1. The molecule has 0 saturated heterocycles. The number of benzene rings is 1. The molecule has 1 N–H and O–H groups in total. The number of methoxy groups -OCH3 is 1. The fraction of sp³-hybridized carbons (Fsp3) is 0.308. The minimum atomic E-state index is -3.61. The van der Waals surface area contributed by atoms with Gasteiger partial charge in [-0.25, -0.2) is 18.1 Å². The maximum Gasteiger partial charge on any atom is 0.241 e. The first-order chi connectivity index (χ1) is 9.44. The lowest BCUT2D eigenvalue weighted by atomic mass is 10.2. The van der Waals surface area contributed by atoms with E-state index in [2.05, 4.69) is 9.71 Å². The molecule has 1 heterocycles. The molecule has 7 heteroatoms. The average Bonchev–Trinajstić information content (AvgIpc) is 2.92. The average molecular weight is 312 g/mol. The van der Waals surface area contributed by atoms with E-state index in [1.165, 1.54) is 24.5 Å². The Kier molecular flexibility index (Phi) is 4.42. The van der Waals surface area contributed by atoms with Crippen LogP contribution in [0.4, 0.5) is 0 Å². The van der Waals surface area contributed by atoms with Crippen molar-refractivity contribution < 1.29 is 13.2 Å². The lowest BCUT2D eigenvalue weighted by Crippen LogP contribution is -2.27. The highest BCUT2D eigenvalue weighted by Gasteiger charge is 2.22. The van der Waals surface area contributed by atoms with Crippen LogP contribution in [0.2, 0.25) is 0 Å². The van der Waals surface area contributed by atoms with Crippen molar-refractivity contribution in [2.45, 2.75) is 24.8 Å². The molecule has 2 rings (SSSR count). The number of hydrogen-bond acceptors (Lipinski definition) is 5. The molecular weight excluding hydrogens is 296 g/mol. The van der Waals surface area contributed by atoms with Gasteiger partial charge in [0, 0.05) is 17.6 Å². The molecular formula is C13H16N2O3S2. The highest BCUT2D eigenvalue weighted by atomic mass is 32.2. The number of thiazole rings is 1. The van der Waals surface area contributed by atoms with Crippen molar-refractivity contribution in [3.05, 3.63) is 40.3 Å². The van der Waals surface area contributed by atoms with E-state index in [1.807, 2.05) is 5.38 Å². The van der Waals surface area contributed by atoms with E-state index >= 15 is 0 Å². The van der Waals surface area contributed by atoms with Crippen LogP contribution >= 0.6 is 11.3 Å². The molecule has 1 aromatic heterocycles. The van der Waals surface area contributed by atoms with Crippen LogP contribution < -0.4 is 9.46 Å². The first kappa shape index (κ1) is 15.0. The highest BCUT2D eigenvalue weighted by Crippen LogP contribution is 2.24. The van der Waals surface area contributed by atoms with E-state index in [0.29, 0.717) is 11.3 Å². The molecule has 0 fully saturated rings. The normalized spacial score (nSPS) is 13.2. The van der Waals surface area contributed by atoms with Gasteiger partial charge >= 0.3 is 0 Å². The smallest absolute Gasteiger partial charge is 0.241 e. The number of ether oxygens (including phenoxy) is 1. The predicted molar refractivity (Wildman–Crippen MR) is 78.6 cm³/mol. The second-order valence-corrected chi connectivity index (χ2v) is 6.95. The van der Waals surface area contributed by atoms with Gasteiger partial charge in [-0.15, -0.1) is 11.3 Å². The number of aryl methyl sites for hydroxylation is 1. The number of aromatic nitrogens is 1. The molecule has 2 aromatic rings. The Balaban J connectivity index is 2.31. The van der Waals surface area contributed by atoms with Crippen molar-refractivity contribution in [2.24, 2.45) is 0 Å². The summed E-state index contributed by atoms with van der Waals surface area (Å²) in [5.41, 5.74) is 0.671. The van der Waals surface area contributed by atoms with Crippen LogP contribution in [0.1, 0.15) is 23.5 Å². The molecule has 0 spiro atoms. The zero-order valence-corrected chi connectivity index (χ0v) is 13.1. The molecule has 0 aliphatic rings. The molecule has 0 unspecified atom stereocenters. The van der Waals surface area contributed by atoms with Crippen LogP contribution in [0.5, 0.6) is 5.75 Å². The van der Waals surface area contributed by atoms with Gasteiger partial charge in [0.2, 0.25) is 10.0 Å². The summed E-state index contributed by atoms with van der Waals surface area (Å²) < 4.78 is 32.6. The minimum Gasteiger partial charge on any atom is -0.497 e. The first-order valence-electron chi connectivity index (χ1n) is 6.00. The van der Waals surface area contributed by atoms with Crippen molar-refractivity contribution in [3.63, 3.8) is 0 Å². The maximum absolute atomic E-state index is 12.4. The Morgan fingerprint density at radius 2 is 2.15 bits per heavy atom. The summed E-state index contributed by atoms with van der Waals surface area (Å²) >= 11 is 1.42. The predicted octanol–water partition coefficient (Wildman–Crippen LogP) is 2.50. The van der Waals surface area contributed by atoms with Crippen LogP contribution in [0.3, 0.4) is 0 Å². The van der Waals surface area contributed by atoms with Gasteiger partial charge in [0.15, 0.2) is 0 Å². The summed E-state index contributed by atoms with van der Waals surface area (Å²) in [6.45, 7) is 3.52. The Bertz CT molecular complexity index is 682. The lowest BCUT2D eigenvalue weighted by Gasteiger charge is -2.14. The number of nitrogens with zero attached hydrogens (tertiary/aromatic N) is 1. The fourth-order valence-corrected chi connectivity index (χ4v) is 3.98. The minimum absolute atomic E-state index is 0.222. The summed E-state index contributed by atoms with van der Waals surface area (Å²) in [5.74, 6) is 0.512. The van der Waals surface area contributed by atoms with Crippen LogP contribution in [0.25, 0.3) is 0 Å². The monoisotopic (exact) mass is 312 g/mol. The number of rotatable bonds is 5. The van der Waals surface area contributed by atoms with E-state index in [4.69, 9.17) is 4.74 Å². The fourth-order valence-electron chi connectivity index (χ4n) is 1.79. The van der Waals surface area contributed by atoms with Gasteiger partial charge in [0.25, 0.3) is 0 Å². The third-order valence-corrected chi connectivity index (χ3v) is 5.48. The molecule has 1 atom stereocenters. The van der Waals surface area contributed by atoms with Gasteiger partial charge < -0.3 is 4.74 Å². The summed E-state index contributed by atoms with van der Waals surface area (Å²) in [6.07, 6.45) is 1.65. The van der Waals surface area contributed by atoms with E-state index in [0.717, 1.165) is 5.01 Å². The first-order valence-corrected chi connectivity index (χ1v) is 8.36. The summed E-state index contributed by atoms with van der Waals surface area (Å²) in [6, 6.07) is 4.61. The van der Waals surface area contributed by atoms with Crippen LogP contribution in [0.15, 0.2) is 34.7 Å². The SMILES string of the molecule is COc1ccc(C)c(S(=O)(=O)N[C@@H](C)c2nccs2)c1. The van der Waals surface area contributed by atoms with Crippen LogP contribution in [-0.4, -0.2) is 20.5 Å². The molecule has 5 nitrogen and oxygen atoms in total. The zero-order chi connectivity index (χ0) is 14.8. The second-order valence-electron chi connectivity index (χ2n) is 4.34. The summed E-state index contributed by atoms with van der Waals surface area (Å²) in [5, 5.41) is 2.55. The number of nitrogens with one attached hydrogen (secondary N) is 1. The van der Waals surface area contributed by atoms with E-state index in [-0.39, 0.29) is 10.9 Å². The van der Waals surface area contributed by atoms with Gasteiger partial charge in [0.05, 0.1) is 18.0 Å². The van der Waals surface area contributed by atoms with E-state index in [9.17, 15) is 8.42 Å². The van der Waals surface area contributed by atoms with Gasteiger partial charge in [-0.1, -0.05) is 6.07 Å². The van der Waals surface area contributed by atoms with E-state index < -0.39 is 10.0 Å². The summed E-state index contributed by atoms with van der Waals surface area (Å²) in [7, 11) is -2.11. The molecule has 0 radical (unpaired) electrons. The molecule has 20 heavy (non-hydrogen) atoms. The van der Waals surface area contributed by atoms with E-state index in [1.54, 1.807) is 32.2 Å². The van der Waals surface area contributed by atoms with Crippen molar-refractivity contribution in [2.75, 3.05) is 7.11 Å². The molecule has 108 valence electrons. The third kappa shape index (κ3) is 3.17. The number of sulfonamides is 1. The number of hydrogen-bond donors (Lipinski definition) is 1. The molecule has 0 aliphatic carbocycles. The molecule has 0 amide bonds. The van der Waals surface area contributed by atoms with Crippen molar-refractivity contribution in [3.8, 4) is 5.75 Å². The third-order valence-electron chi connectivity index (χ3n) is 2.84. The Morgan fingerprint density at radius 3 is 2.75 bits per heavy atom. The van der Waals surface area contributed by atoms with Crippen molar-refractivity contribution in [1.82, 2.24) is 9.71 Å². The molecule has 0 saturated carbocycles. The van der Waals surface area contributed by atoms with Crippen LogP contribution in [-0.2, 0) is 10.0 Å². The van der Waals surface area contributed by atoms with Gasteiger partial charge in [-0.3, -0.25) is 0 Å². The van der Waals surface area contributed by atoms with Crippen molar-refractivity contribution >= 4 is 21.4 Å². The van der Waals surface area contributed by atoms with Gasteiger partial charge in [-0.05, 0) is 25.5 Å². The highest BCUT2D eigenvalue weighted by molar-refractivity contribution is 7.89. The van der Waals surface area contributed by atoms with Crippen LogP contribution in [0, 0.1) is 6.92 Å². The Labute approximate surface area is 122 Å². The second kappa shape index (κ2) is 5.90. The Morgan fingerprint density at radius 1 is 1.40 bits per heavy atom. The lowest BCUT2D eigenvalue weighted by molar-refractivity contribution is 0.413.